The van der Waals surface area contributed by atoms with E-state index < -0.39 is 0 Å². The fourth-order valence-corrected chi connectivity index (χ4v) is 1.98. The average Bonchev–Trinajstić information content (AvgIpc) is 3.06. The number of amides is 1. The van der Waals surface area contributed by atoms with Gasteiger partial charge in [0.2, 0.25) is 5.91 Å². The van der Waals surface area contributed by atoms with Gasteiger partial charge in [0.1, 0.15) is 30.3 Å². The molecular formula is C15H19FN4O2. The van der Waals surface area contributed by atoms with Gasteiger partial charge in [-0.15, -0.1) is 0 Å². The fraction of sp³-hybridized carbons (Fsp3) is 0.400. The van der Waals surface area contributed by atoms with E-state index in [4.69, 9.17) is 4.74 Å². The third-order valence-corrected chi connectivity index (χ3v) is 3.29. The van der Waals surface area contributed by atoms with E-state index in [9.17, 15) is 9.18 Å². The Morgan fingerprint density at radius 1 is 1.41 bits per heavy atom. The van der Waals surface area contributed by atoms with Gasteiger partial charge >= 0.3 is 0 Å². The molecule has 1 aromatic carbocycles. The van der Waals surface area contributed by atoms with Crippen molar-refractivity contribution in [2.75, 3.05) is 20.2 Å². The molecule has 7 heteroatoms. The lowest BCUT2D eigenvalue weighted by Gasteiger charge is -2.21. The Labute approximate surface area is 128 Å². The summed E-state index contributed by atoms with van der Waals surface area (Å²) in [6, 6.07) is 5.48. The molecule has 0 N–H and O–H groups in total. The van der Waals surface area contributed by atoms with E-state index in [0.717, 1.165) is 0 Å². The van der Waals surface area contributed by atoms with Crippen molar-refractivity contribution in [3.63, 3.8) is 0 Å². The number of rotatable bonds is 7. The van der Waals surface area contributed by atoms with Crippen LogP contribution >= 0.6 is 0 Å². The number of ether oxygens (including phenoxy) is 1. The number of carbonyl (C=O) groups excluding carboxylic acids is 1. The van der Waals surface area contributed by atoms with Crippen LogP contribution in [0.2, 0.25) is 0 Å². The molecule has 0 bridgehead atoms. The van der Waals surface area contributed by atoms with Crippen LogP contribution < -0.4 is 4.74 Å². The molecule has 0 saturated heterocycles. The highest BCUT2D eigenvalue weighted by Crippen LogP contribution is 2.11. The smallest absolute Gasteiger partial charge is 0.246 e. The number of nitrogens with zero attached hydrogens (tertiary/aromatic N) is 4. The van der Waals surface area contributed by atoms with Crippen LogP contribution in [0.4, 0.5) is 4.39 Å². The summed E-state index contributed by atoms with van der Waals surface area (Å²) in [7, 11) is 1.74. The molecule has 2 rings (SSSR count). The maximum Gasteiger partial charge on any atom is 0.246 e. The van der Waals surface area contributed by atoms with Crippen LogP contribution in [0, 0.1) is 5.82 Å². The Morgan fingerprint density at radius 2 is 2.14 bits per heavy atom. The van der Waals surface area contributed by atoms with E-state index in [1.807, 2.05) is 0 Å². The van der Waals surface area contributed by atoms with Crippen molar-refractivity contribution in [1.82, 2.24) is 19.7 Å². The summed E-state index contributed by atoms with van der Waals surface area (Å²) >= 11 is 0. The largest absolute Gasteiger partial charge is 0.494 e. The Bertz CT molecular complexity index is 586. The minimum absolute atomic E-state index is 0.0349. The van der Waals surface area contributed by atoms with E-state index in [0.29, 0.717) is 25.3 Å². The molecule has 0 spiro atoms. The second-order valence-corrected chi connectivity index (χ2v) is 4.97. The Balaban J connectivity index is 1.72. The molecule has 6 nitrogen and oxygen atoms in total. The second kappa shape index (κ2) is 7.53. The van der Waals surface area contributed by atoms with Gasteiger partial charge in [-0.1, -0.05) is 0 Å². The zero-order valence-electron chi connectivity index (χ0n) is 12.6. The monoisotopic (exact) mass is 306 g/mol. The van der Waals surface area contributed by atoms with Crippen molar-refractivity contribution in [2.45, 2.75) is 19.4 Å². The summed E-state index contributed by atoms with van der Waals surface area (Å²) in [5, 5.41) is 3.97. The quantitative estimate of drug-likeness (QED) is 0.733. The number of halogens is 1. The van der Waals surface area contributed by atoms with Crippen molar-refractivity contribution >= 4 is 5.91 Å². The topological polar surface area (TPSA) is 60.2 Å². The first-order valence-corrected chi connectivity index (χ1v) is 7.05. The summed E-state index contributed by atoms with van der Waals surface area (Å²) in [5.41, 5.74) is 0. The molecule has 0 aliphatic heterocycles. The molecule has 0 saturated carbocycles. The van der Waals surface area contributed by atoms with E-state index in [-0.39, 0.29) is 17.8 Å². The number of benzene rings is 1. The molecule has 118 valence electrons. The summed E-state index contributed by atoms with van der Waals surface area (Å²) in [4.78, 5) is 17.7. The van der Waals surface area contributed by atoms with Crippen molar-refractivity contribution in [2.24, 2.45) is 0 Å². The standard InChI is InChI=1S/C15H19FN4O2/c1-12(20-11-17-10-18-20)15(21)19(2)8-3-9-22-14-6-4-13(16)5-7-14/h4-7,10-12H,3,8-9H2,1-2H3/t12-/m0/s1. The Kier molecular flexibility index (Phi) is 5.46. The maximum absolute atomic E-state index is 12.8. The first kappa shape index (κ1) is 15.9. The minimum Gasteiger partial charge on any atom is -0.494 e. The van der Waals surface area contributed by atoms with Crippen LogP contribution in [0.15, 0.2) is 36.9 Å². The predicted octanol–water partition coefficient (Wildman–Crippen LogP) is 1.91. The van der Waals surface area contributed by atoms with Crippen molar-refractivity contribution in [1.29, 1.82) is 0 Å². The zero-order chi connectivity index (χ0) is 15.9. The van der Waals surface area contributed by atoms with Gasteiger partial charge in [-0.05, 0) is 37.6 Å². The van der Waals surface area contributed by atoms with Gasteiger partial charge < -0.3 is 9.64 Å². The van der Waals surface area contributed by atoms with E-state index in [2.05, 4.69) is 10.1 Å². The number of hydrogen-bond acceptors (Lipinski definition) is 4. The molecule has 0 radical (unpaired) electrons. The van der Waals surface area contributed by atoms with Gasteiger partial charge in [-0.3, -0.25) is 4.79 Å². The molecular weight excluding hydrogens is 287 g/mol. The number of carbonyl (C=O) groups is 1. The van der Waals surface area contributed by atoms with E-state index in [1.54, 1.807) is 31.0 Å². The molecule has 0 fully saturated rings. The zero-order valence-corrected chi connectivity index (χ0v) is 12.6. The summed E-state index contributed by atoms with van der Waals surface area (Å²) in [5.74, 6) is 0.290. The molecule has 1 aromatic heterocycles. The molecule has 1 heterocycles. The molecule has 0 unspecified atom stereocenters. The Morgan fingerprint density at radius 3 is 2.77 bits per heavy atom. The summed E-state index contributed by atoms with van der Waals surface area (Å²) in [6.07, 6.45) is 3.61. The average molecular weight is 306 g/mol. The molecule has 0 aliphatic rings. The second-order valence-electron chi connectivity index (χ2n) is 4.97. The molecule has 1 atom stereocenters. The highest BCUT2D eigenvalue weighted by Gasteiger charge is 2.19. The lowest BCUT2D eigenvalue weighted by atomic mass is 10.3. The molecule has 2 aromatic rings. The first-order chi connectivity index (χ1) is 10.6. The van der Waals surface area contributed by atoms with E-state index >= 15 is 0 Å². The molecule has 1 amide bonds. The van der Waals surface area contributed by atoms with Crippen LogP contribution in [-0.4, -0.2) is 45.8 Å². The lowest BCUT2D eigenvalue weighted by Crippen LogP contribution is -2.34. The van der Waals surface area contributed by atoms with E-state index in [1.165, 1.54) is 29.5 Å². The van der Waals surface area contributed by atoms with Crippen molar-refractivity contribution < 1.29 is 13.9 Å². The normalized spacial score (nSPS) is 12.0. The van der Waals surface area contributed by atoms with Crippen molar-refractivity contribution in [3.8, 4) is 5.75 Å². The molecule has 22 heavy (non-hydrogen) atoms. The third kappa shape index (κ3) is 4.28. The van der Waals surface area contributed by atoms with Crippen LogP contribution in [0.1, 0.15) is 19.4 Å². The first-order valence-electron chi connectivity index (χ1n) is 7.05. The maximum atomic E-state index is 12.8. The van der Waals surface area contributed by atoms with Crippen molar-refractivity contribution in [3.05, 3.63) is 42.7 Å². The number of likely N-dealkylation sites (N-methyl/N-ethyl adjacent to an activating group) is 1. The SMILES string of the molecule is C[C@@H](C(=O)N(C)CCCOc1ccc(F)cc1)n1cncn1. The van der Waals surface area contributed by atoms with Crippen LogP contribution in [0.3, 0.4) is 0 Å². The Hall–Kier alpha value is -2.44. The third-order valence-electron chi connectivity index (χ3n) is 3.29. The highest BCUT2D eigenvalue weighted by molar-refractivity contribution is 5.79. The fourth-order valence-electron chi connectivity index (χ4n) is 1.98. The van der Waals surface area contributed by atoms with Gasteiger partial charge in [0, 0.05) is 13.6 Å². The number of aromatic nitrogens is 3. The summed E-state index contributed by atoms with van der Waals surface area (Å²) < 4.78 is 19.8. The van der Waals surface area contributed by atoms with Crippen LogP contribution in [0.5, 0.6) is 5.75 Å². The lowest BCUT2D eigenvalue weighted by molar-refractivity contribution is -0.133. The predicted molar refractivity (Wildman–Crippen MR) is 78.9 cm³/mol. The minimum atomic E-state index is -0.384. The van der Waals surface area contributed by atoms with Gasteiger partial charge in [-0.25, -0.2) is 14.1 Å². The van der Waals surface area contributed by atoms with Gasteiger partial charge in [0.15, 0.2) is 0 Å². The molecule has 0 aliphatic carbocycles. The van der Waals surface area contributed by atoms with Gasteiger partial charge in [-0.2, -0.15) is 5.10 Å². The van der Waals surface area contributed by atoms with Gasteiger partial charge in [0.05, 0.1) is 6.61 Å². The number of hydrogen-bond donors (Lipinski definition) is 0. The highest BCUT2D eigenvalue weighted by atomic mass is 19.1. The summed E-state index contributed by atoms with van der Waals surface area (Å²) in [6.45, 7) is 2.81. The van der Waals surface area contributed by atoms with Crippen LogP contribution in [-0.2, 0) is 4.79 Å². The van der Waals surface area contributed by atoms with Crippen LogP contribution in [0.25, 0.3) is 0 Å². The van der Waals surface area contributed by atoms with Gasteiger partial charge in [0.25, 0.3) is 0 Å².